The molecule has 15 heavy (non-hydrogen) atoms. The third-order valence-electron chi connectivity index (χ3n) is 1.67. The molecule has 0 fully saturated rings. The van der Waals surface area contributed by atoms with Crippen molar-refractivity contribution in [2.75, 3.05) is 4.43 Å². The maximum absolute atomic E-state index is 13.0. The minimum absolute atomic E-state index is 0.0950. The molecule has 4 heteroatoms. The van der Waals surface area contributed by atoms with E-state index >= 15 is 0 Å². The molecule has 0 atom stereocenters. The molecule has 1 aromatic rings. The van der Waals surface area contributed by atoms with Gasteiger partial charge in [0.05, 0.1) is 5.56 Å². The summed E-state index contributed by atoms with van der Waals surface area (Å²) in [4.78, 5) is 0. The standard InChI is InChI=1S/C11H8F3I/c12-9-7-11(14)10(13)6-8(9)4-2-1-3-5-15/h6-7H,1,3,5H2. The van der Waals surface area contributed by atoms with E-state index in [0.717, 1.165) is 16.9 Å². The molecule has 0 saturated heterocycles. The van der Waals surface area contributed by atoms with Crippen molar-refractivity contribution in [2.24, 2.45) is 0 Å². The van der Waals surface area contributed by atoms with E-state index in [4.69, 9.17) is 0 Å². The molecule has 1 aromatic carbocycles. The Morgan fingerprint density at radius 1 is 1.07 bits per heavy atom. The van der Waals surface area contributed by atoms with Crippen LogP contribution in [0.1, 0.15) is 18.4 Å². The van der Waals surface area contributed by atoms with Crippen molar-refractivity contribution < 1.29 is 13.2 Å². The van der Waals surface area contributed by atoms with E-state index in [9.17, 15) is 13.2 Å². The molecule has 80 valence electrons. The summed E-state index contributed by atoms with van der Waals surface area (Å²) in [5.41, 5.74) is -0.0950. The Bertz CT molecular complexity index is 404. The highest BCUT2D eigenvalue weighted by Crippen LogP contribution is 2.12. The van der Waals surface area contributed by atoms with Crippen LogP contribution in [0.4, 0.5) is 13.2 Å². The van der Waals surface area contributed by atoms with Crippen LogP contribution in [-0.4, -0.2) is 4.43 Å². The van der Waals surface area contributed by atoms with Crippen molar-refractivity contribution in [2.45, 2.75) is 12.8 Å². The first kappa shape index (κ1) is 12.4. The largest absolute Gasteiger partial charge is 0.206 e. The Kier molecular flexibility index (Phi) is 4.95. The van der Waals surface area contributed by atoms with Gasteiger partial charge in [-0.05, 0) is 12.5 Å². The lowest BCUT2D eigenvalue weighted by atomic mass is 10.2. The number of alkyl halides is 1. The molecule has 0 heterocycles. The minimum Gasteiger partial charge on any atom is -0.206 e. The smallest absolute Gasteiger partial charge is 0.161 e. The summed E-state index contributed by atoms with van der Waals surface area (Å²) >= 11 is 2.21. The van der Waals surface area contributed by atoms with Crippen LogP contribution >= 0.6 is 22.6 Å². The lowest BCUT2D eigenvalue weighted by molar-refractivity contribution is 0.494. The third kappa shape index (κ3) is 3.74. The fraction of sp³-hybridized carbons (Fsp3) is 0.273. The van der Waals surface area contributed by atoms with Crippen LogP contribution in [0.15, 0.2) is 12.1 Å². The summed E-state index contributed by atoms with van der Waals surface area (Å²) in [5.74, 6) is 2.10. The molecule has 0 N–H and O–H groups in total. The molecule has 0 saturated carbocycles. The van der Waals surface area contributed by atoms with E-state index in [1.54, 1.807) is 0 Å². The van der Waals surface area contributed by atoms with Gasteiger partial charge >= 0.3 is 0 Å². The van der Waals surface area contributed by atoms with Crippen LogP contribution in [-0.2, 0) is 0 Å². The molecule has 0 nitrogen and oxygen atoms in total. The number of hydrogen-bond acceptors (Lipinski definition) is 0. The second-order valence-electron chi connectivity index (χ2n) is 2.84. The maximum Gasteiger partial charge on any atom is 0.161 e. The fourth-order valence-corrected chi connectivity index (χ4v) is 1.31. The molecular formula is C11H8F3I. The number of hydrogen-bond donors (Lipinski definition) is 0. The van der Waals surface area contributed by atoms with Gasteiger partial charge in [-0.15, -0.1) is 0 Å². The minimum atomic E-state index is -1.19. The van der Waals surface area contributed by atoms with Crippen LogP contribution in [0.2, 0.25) is 0 Å². The lowest BCUT2D eigenvalue weighted by Crippen LogP contribution is -1.90. The molecule has 1 rings (SSSR count). The SMILES string of the molecule is Fc1cc(F)c(C#CCCCI)cc1F. The Morgan fingerprint density at radius 2 is 1.73 bits per heavy atom. The van der Waals surface area contributed by atoms with E-state index in [0.29, 0.717) is 12.5 Å². The topological polar surface area (TPSA) is 0 Å². The third-order valence-corrected chi connectivity index (χ3v) is 2.43. The zero-order chi connectivity index (χ0) is 11.3. The zero-order valence-corrected chi connectivity index (χ0v) is 9.95. The highest BCUT2D eigenvalue weighted by Gasteiger charge is 2.07. The molecule has 0 aliphatic rings. The zero-order valence-electron chi connectivity index (χ0n) is 7.79. The van der Waals surface area contributed by atoms with Crippen molar-refractivity contribution >= 4 is 22.6 Å². The molecule has 0 bridgehead atoms. The van der Waals surface area contributed by atoms with Crippen molar-refractivity contribution in [1.29, 1.82) is 0 Å². The molecule has 0 unspecified atom stereocenters. The molecule has 0 amide bonds. The van der Waals surface area contributed by atoms with E-state index in [1.807, 2.05) is 0 Å². The molecule has 0 aliphatic carbocycles. The van der Waals surface area contributed by atoms with Gasteiger partial charge < -0.3 is 0 Å². The van der Waals surface area contributed by atoms with E-state index in [2.05, 4.69) is 34.4 Å². The molecule has 0 spiro atoms. The number of unbranched alkanes of at least 4 members (excludes halogenated alkanes) is 1. The van der Waals surface area contributed by atoms with E-state index in [-0.39, 0.29) is 5.56 Å². The summed E-state index contributed by atoms with van der Waals surface area (Å²) in [7, 11) is 0. The van der Waals surface area contributed by atoms with Crippen molar-refractivity contribution in [3.63, 3.8) is 0 Å². The predicted molar refractivity (Wildman–Crippen MR) is 61.3 cm³/mol. The van der Waals surface area contributed by atoms with Gasteiger partial charge in [0.2, 0.25) is 0 Å². The molecule has 0 radical (unpaired) electrons. The monoisotopic (exact) mass is 324 g/mol. The summed E-state index contributed by atoms with van der Waals surface area (Å²) < 4.78 is 39.3. The fourth-order valence-electron chi connectivity index (χ4n) is 0.931. The van der Waals surface area contributed by atoms with Gasteiger partial charge in [0.15, 0.2) is 11.6 Å². The number of benzene rings is 1. The van der Waals surface area contributed by atoms with Crippen LogP contribution in [0.3, 0.4) is 0 Å². The molecule has 0 aromatic heterocycles. The van der Waals surface area contributed by atoms with E-state index < -0.39 is 17.5 Å². The first-order valence-electron chi connectivity index (χ1n) is 4.34. The average molecular weight is 324 g/mol. The van der Waals surface area contributed by atoms with Crippen molar-refractivity contribution in [3.05, 3.63) is 35.1 Å². The highest BCUT2D eigenvalue weighted by atomic mass is 127. The van der Waals surface area contributed by atoms with Gasteiger partial charge in [-0.2, -0.15) is 0 Å². The Labute approximate surface area is 100 Å². The van der Waals surface area contributed by atoms with Crippen molar-refractivity contribution in [3.8, 4) is 11.8 Å². The summed E-state index contributed by atoms with van der Waals surface area (Å²) in [6, 6.07) is 1.29. The summed E-state index contributed by atoms with van der Waals surface area (Å²) in [5, 5.41) is 0. The van der Waals surface area contributed by atoms with Gasteiger partial charge in [-0.3, -0.25) is 0 Å². The van der Waals surface area contributed by atoms with Gasteiger partial charge in [0.25, 0.3) is 0 Å². The number of halogens is 4. The number of rotatable bonds is 2. The quantitative estimate of drug-likeness (QED) is 0.256. The normalized spacial score (nSPS) is 9.60. The van der Waals surface area contributed by atoms with Crippen LogP contribution < -0.4 is 0 Å². The average Bonchev–Trinajstić information content (AvgIpc) is 2.20. The maximum atomic E-state index is 13.0. The Balaban J connectivity index is 2.84. The molecular weight excluding hydrogens is 316 g/mol. The van der Waals surface area contributed by atoms with Crippen molar-refractivity contribution in [1.82, 2.24) is 0 Å². The van der Waals surface area contributed by atoms with Gasteiger partial charge in [-0.25, -0.2) is 13.2 Å². The lowest BCUT2D eigenvalue weighted by Gasteiger charge is -1.96. The van der Waals surface area contributed by atoms with Crippen LogP contribution in [0.25, 0.3) is 0 Å². The van der Waals surface area contributed by atoms with Gasteiger partial charge in [0.1, 0.15) is 5.82 Å². The van der Waals surface area contributed by atoms with Gasteiger partial charge in [0, 0.05) is 16.9 Å². The van der Waals surface area contributed by atoms with E-state index in [1.165, 1.54) is 0 Å². The van der Waals surface area contributed by atoms with Crippen LogP contribution in [0, 0.1) is 29.3 Å². The first-order valence-corrected chi connectivity index (χ1v) is 5.87. The highest BCUT2D eigenvalue weighted by molar-refractivity contribution is 14.1. The first-order chi connectivity index (χ1) is 7.15. The molecule has 0 aliphatic heterocycles. The summed E-state index contributed by atoms with van der Waals surface area (Å²) in [6.07, 6.45) is 1.53. The van der Waals surface area contributed by atoms with Gasteiger partial charge in [-0.1, -0.05) is 34.4 Å². The Morgan fingerprint density at radius 3 is 2.40 bits per heavy atom. The van der Waals surface area contributed by atoms with Crippen LogP contribution in [0.5, 0.6) is 0 Å². The summed E-state index contributed by atoms with van der Waals surface area (Å²) in [6.45, 7) is 0. The predicted octanol–water partition coefficient (Wildman–Crippen LogP) is 3.67. The second-order valence-corrected chi connectivity index (χ2v) is 3.92. The Hall–Kier alpha value is -0.700. The second kappa shape index (κ2) is 6.01.